The number of anilines is 1. The van der Waals surface area contributed by atoms with E-state index in [2.05, 4.69) is 21.2 Å². The zero-order chi connectivity index (χ0) is 24.1. The fraction of sp³-hybridized carbons (Fsp3) is 0.364. The molecule has 174 valence electrons. The smallest absolute Gasteiger partial charge is 0.244 e. The number of halogens is 1. The van der Waals surface area contributed by atoms with Gasteiger partial charge in [-0.05, 0) is 55.3 Å². The Morgan fingerprint density at radius 1 is 1.19 bits per heavy atom. The lowest BCUT2D eigenvalue weighted by atomic mass is 10.1. The van der Waals surface area contributed by atoms with E-state index in [-0.39, 0.29) is 12.5 Å². The quantitative estimate of drug-likeness (QED) is 0.542. The van der Waals surface area contributed by atoms with Crippen molar-refractivity contribution in [1.29, 1.82) is 0 Å². The Kier molecular flexibility index (Phi) is 8.68. The maximum atomic E-state index is 13.3. The van der Waals surface area contributed by atoms with Crippen LogP contribution in [0.25, 0.3) is 0 Å². The highest BCUT2D eigenvalue weighted by molar-refractivity contribution is 9.10. The first-order valence-corrected chi connectivity index (χ1v) is 12.5. The molecule has 0 aliphatic rings. The number of hydrogen-bond acceptors (Lipinski definition) is 5. The maximum Gasteiger partial charge on any atom is 0.244 e. The molecule has 0 bridgehead atoms. The second-order valence-electron chi connectivity index (χ2n) is 7.37. The summed E-state index contributed by atoms with van der Waals surface area (Å²) in [4.78, 5) is 27.0. The molecule has 0 saturated carbocycles. The predicted octanol–water partition coefficient (Wildman–Crippen LogP) is 2.70. The molecule has 2 aromatic rings. The molecule has 0 fully saturated rings. The number of amides is 2. The predicted molar refractivity (Wildman–Crippen MR) is 128 cm³/mol. The third kappa shape index (κ3) is 6.46. The Labute approximate surface area is 197 Å². The highest BCUT2D eigenvalue weighted by atomic mass is 79.9. The summed E-state index contributed by atoms with van der Waals surface area (Å²) in [6, 6.07) is 11.4. The third-order valence-electron chi connectivity index (χ3n) is 5.01. The van der Waals surface area contributed by atoms with Gasteiger partial charge in [0.25, 0.3) is 0 Å². The molecule has 0 spiro atoms. The molecular formula is C22H28BrN3O5S. The molecule has 0 saturated heterocycles. The summed E-state index contributed by atoms with van der Waals surface area (Å²) in [6.45, 7) is 3.11. The Balaban J connectivity index is 2.41. The molecule has 2 aromatic carbocycles. The number of carbonyl (C=O) groups is 2. The van der Waals surface area contributed by atoms with Crippen molar-refractivity contribution >= 4 is 43.5 Å². The second kappa shape index (κ2) is 10.8. The molecular weight excluding hydrogens is 498 g/mol. The van der Waals surface area contributed by atoms with Crippen molar-refractivity contribution < 1.29 is 22.7 Å². The van der Waals surface area contributed by atoms with E-state index in [1.165, 1.54) is 11.9 Å². The number of aryl methyl sites for hydroxylation is 1. The van der Waals surface area contributed by atoms with Crippen LogP contribution in [0.3, 0.4) is 0 Å². The van der Waals surface area contributed by atoms with Gasteiger partial charge in [0, 0.05) is 18.1 Å². The van der Waals surface area contributed by atoms with Gasteiger partial charge in [0.15, 0.2) is 0 Å². The third-order valence-corrected chi connectivity index (χ3v) is 7.04. The number of nitrogens with zero attached hydrogens (tertiary/aromatic N) is 2. The van der Waals surface area contributed by atoms with Gasteiger partial charge in [-0.25, -0.2) is 8.42 Å². The SMILES string of the molecule is CNC(=O)C(C)N(Cc1cccc(OC)c1)C(=O)CN(c1ccc(Br)c(C)c1)S(C)(=O)=O. The zero-order valence-electron chi connectivity index (χ0n) is 18.8. The second-order valence-corrected chi connectivity index (χ2v) is 10.1. The fourth-order valence-corrected chi connectivity index (χ4v) is 4.24. The molecule has 10 heteroatoms. The largest absolute Gasteiger partial charge is 0.497 e. The van der Waals surface area contributed by atoms with Gasteiger partial charge in [-0.1, -0.05) is 28.1 Å². The van der Waals surface area contributed by atoms with Crippen LogP contribution in [0, 0.1) is 6.92 Å². The van der Waals surface area contributed by atoms with Crippen LogP contribution in [0.5, 0.6) is 5.75 Å². The van der Waals surface area contributed by atoms with Gasteiger partial charge in [-0.2, -0.15) is 0 Å². The number of likely N-dealkylation sites (N-methyl/N-ethyl adjacent to an activating group) is 1. The van der Waals surface area contributed by atoms with E-state index in [9.17, 15) is 18.0 Å². The van der Waals surface area contributed by atoms with E-state index >= 15 is 0 Å². The van der Waals surface area contributed by atoms with Gasteiger partial charge in [0.1, 0.15) is 18.3 Å². The lowest BCUT2D eigenvalue weighted by Gasteiger charge is -2.31. The van der Waals surface area contributed by atoms with Crippen molar-refractivity contribution in [2.75, 3.05) is 31.3 Å². The van der Waals surface area contributed by atoms with Crippen LogP contribution in [-0.2, 0) is 26.2 Å². The van der Waals surface area contributed by atoms with E-state index in [0.717, 1.165) is 26.2 Å². The van der Waals surface area contributed by atoms with Gasteiger partial charge in [-0.3, -0.25) is 13.9 Å². The summed E-state index contributed by atoms with van der Waals surface area (Å²) in [5, 5.41) is 2.54. The van der Waals surface area contributed by atoms with Crippen LogP contribution in [0.15, 0.2) is 46.9 Å². The summed E-state index contributed by atoms with van der Waals surface area (Å²) in [7, 11) is -0.734. The van der Waals surface area contributed by atoms with E-state index in [0.29, 0.717) is 11.4 Å². The molecule has 0 aromatic heterocycles. The first-order valence-electron chi connectivity index (χ1n) is 9.85. The molecule has 0 aliphatic carbocycles. The first-order chi connectivity index (χ1) is 15.0. The van der Waals surface area contributed by atoms with Crippen molar-refractivity contribution in [1.82, 2.24) is 10.2 Å². The number of hydrogen-bond donors (Lipinski definition) is 1. The highest BCUT2D eigenvalue weighted by Crippen LogP contribution is 2.25. The van der Waals surface area contributed by atoms with Crippen LogP contribution < -0.4 is 14.4 Å². The first kappa shape index (κ1) is 25.7. The van der Waals surface area contributed by atoms with Gasteiger partial charge < -0.3 is 15.0 Å². The Morgan fingerprint density at radius 2 is 1.88 bits per heavy atom. The van der Waals surface area contributed by atoms with Crippen LogP contribution in [0.1, 0.15) is 18.1 Å². The molecule has 2 rings (SSSR count). The van der Waals surface area contributed by atoms with Crippen LogP contribution in [0.2, 0.25) is 0 Å². The van der Waals surface area contributed by atoms with E-state index in [1.54, 1.807) is 50.4 Å². The molecule has 0 radical (unpaired) electrons. The zero-order valence-corrected chi connectivity index (χ0v) is 21.2. The molecule has 1 atom stereocenters. The summed E-state index contributed by atoms with van der Waals surface area (Å²) >= 11 is 3.40. The minimum atomic E-state index is -3.76. The summed E-state index contributed by atoms with van der Waals surface area (Å²) in [5.74, 6) is -0.243. The Hall–Kier alpha value is -2.59. The number of nitrogens with one attached hydrogen (secondary N) is 1. The number of benzene rings is 2. The van der Waals surface area contributed by atoms with Gasteiger partial charge in [0.2, 0.25) is 21.8 Å². The summed E-state index contributed by atoms with van der Waals surface area (Å²) in [6.07, 6.45) is 1.05. The van der Waals surface area contributed by atoms with E-state index < -0.39 is 28.5 Å². The van der Waals surface area contributed by atoms with E-state index in [4.69, 9.17) is 4.74 Å². The number of ether oxygens (including phenoxy) is 1. The van der Waals surface area contributed by atoms with Crippen molar-refractivity contribution in [3.8, 4) is 5.75 Å². The fourth-order valence-electron chi connectivity index (χ4n) is 3.16. The minimum absolute atomic E-state index is 0.113. The van der Waals surface area contributed by atoms with Crippen LogP contribution >= 0.6 is 15.9 Å². The summed E-state index contributed by atoms with van der Waals surface area (Å²) < 4.78 is 32.2. The molecule has 0 heterocycles. The molecule has 2 amide bonds. The maximum absolute atomic E-state index is 13.3. The Morgan fingerprint density at radius 3 is 2.44 bits per heavy atom. The summed E-state index contributed by atoms with van der Waals surface area (Å²) in [5.41, 5.74) is 1.95. The minimum Gasteiger partial charge on any atom is -0.497 e. The van der Waals surface area contributed by atoms with Crippen molar-refractivity contribution in [3.05, 3.63) is 58.1 Å². The molecule has 0 aliphatic heterocycles. The topological polar surface area (TPSA) is 96.0 Å². The standard InChI is InChI=1S/C22H28BrN3O5S/c1-15-11-18(9-10-20(15)23)26(32(5,29)30)14-21(27)25(16(2)22(28)24-3)13-17-7-6-8-19(12-17)31-4/h6-12,16H,13-14H2,1-5H3,(H,24,28). The van der Waals surface area contributed by atoms with Crippen molar-refractivity contribution in [2.45, 2.75) is 26.4 Å². The molecule has 32 heavy (non-hydrogen) atoms. The van der Waals surface area contributed by atoms with Crippen LogP contribution in [0.4, 0.5) is 5.69 Å². The normalized spacial score (nSPS) is 12.1. The van der Waals surface area contributed by atoms with Gasteiger partial charge in [-0.15, -0.1) is 0 Å². The Bertz CT molecular complexity index is 1090. The number of sulfonamides is 1. The lowest BCUT2D eigenvalue weighted by Crippen LogP contribution is -2.50. The highest BCUT2D eigenvalue weighted by Gasteiger charge is 2.29. The number of methoxy groups -OCH3 is 1. The molecule has 1 N–H and O–H groups in total. The van der Waals surface area contributed by atoms with Crippen molar-refractivity contribution in [2.24, 2.45) is 0 Å². The molecule has 8 nitrogen and oxygen atoms in total. The molecule has 1 unspecified atom stereocenters. The lowest BCUT2D eigenvalue weighted by molar-refractivity contribution is -0.139. The average Bonchev–Trinajstić information content (AvgIpc) is 2.75. The van der Waals surface area contributed by atoms with Gasteiger partial charge in [0.05, 0.1) is 19.1 Å². The van der Waals surface area contributed by atoms with E-state index in [1.807, 2.05) is 13.0 Å². The average molecular weight is 526 g/mol. The van der Waals surface area contributed by atoms with Crippen LogP contribution in [-0.4, -0.2) is 58.1 Å². The van der Waals surface area contributed by atoms with Crippen molar-refractivity contribution in [3.63, 3.8) is 0 Å². The van der Waals surface area contributed by atoms with Gasteiger partial charge >= 0.3 is 0 Å². The monoisotopic (exact) mass is 525 g/mol. The number of rotatable bonds is 9. The number of carbonyl (C=O) groups excluding carboxylic acids is 2.